The molecule has 4 N–H and O–H groups in total. The molecule has 0 amide bonds. The van der Waals surface area contributed by atoms with Crippen LogP contribution in [0.25, 0.3) is 10.9 Å². The Balaban J connectivity index is 1.47. The van der Waals surface area contributed by atoms with E-state index in [9.17, 15) is 0 Å². The number of oxazole rings is 1. The number of para-hydroxylation sites is 1. The van der Waals surface area contributed by atoms with Crippen molar-refractivity contribution in [3.05, 3.63) is 53.9 Å². The highest BCUT2D eigenvalue weighted by atomic mass is 16.3. The van der Waals surface area contributed by atoms with Crippen molar-refractivity contribution in [2.75, 3.05) is 13.1 Å². The lowest BCUT2D eigenvalue weighted by atomic mass is 9.72. The first-order valence-electron chi connectivity index (χ1n) is 9.75. The Morgan fingerprint density at radius 2 is 2.15 bits per heavy atom. The second kappa shape index (κ2) is 6.56. The molecule has 5 nitrogen and oxygen atoms in total. The lowest BCUT2D eigenvalue weighted by Gasteiger charge is -2.35. The number of fused-ring (bicyclic) bond motifs is 3. The molecule has 0 bridgehead atoms. The highest BCUT2D eigenvalue weighted by Crippen LogP contribution is 2.43. The zero-order valence-corrected chi connectivity index (χ0v) is 14.9. The molecule has 3 atom stereocenters. The summed E-state index contributed by atoms with van der Waals surface area (Å²) >= 11 is 0. The van der Waals surface area contributed by atoms with Crippen LogP contribution in [0.5, 0.6) is 0 Å². The maximum absolute atomic E-state index is 6.81. The van der Waals surface area contributed by atoms with Crippen LogP contribution in [0.2, 0.25) is 0 Å². The molecule has 0 saturated heterocycles. The smallest absolute Gasteiger partial charge is 0.180 e. The van der Waals surface area contributed by atoms with E-state index < -0.39 is 0 Å². The van der Waals surface area contributed by atoms with Crippen molar-refractivity contribution in [3.63, 3.8) is 0 Å². The highest BCUT2D eigenvalue weighted by molar-refractivity contribution is 5.85. The molecule has 136 valence electrons. The van der Waals surface area contributed by atoms with Crippen LogP contribution in [-0.4, -0.2) is 29.1 Å². The fraction of sp³-hybridized carbons (Fsp3) is 0.476. The van der Waals surface area contributed by atoms with Gasteiger partial charge in [0.25, 0.3) is 0 Å². The van der Waals surface area contributed by atoms with Crippen LogP contribution in [0.3, 0.4) is 0 Å². The number of aromatic nitrogens is 2. The van der Waals surface area contributed by atoms with Crippen LogP contribution < -0.4 is 11.1 Å². The zero-order valence-electron chi connectivity index (χ0n) is 14.9. The van der Waals surface area contributed by atoms with Gasteiger partial charge < -0.3 is 20.5 Å². The summed E-state index contributed by atoms with van der Waals surface area (Å²) in [5, 5.41) is 4.96. The predicted molar refractivity (Wildman–Crippen MR) is 102 cm³/mol. The molecule has 2 heterocycles. The van der Waals surface area contributed by atoms with E-state index in [0.717, 1.165) is 37.5 Å². The van der Waals surface area contributed by atoms with Crippen LogP contribution in [0.15, 0.2) is 41.3 Å². The molecule has 5 rings (SSSR count). The monoisotopic (exact) mass is 350 g/mol. The van der Waals surface area contributed by atoms with E-state index in [1.807, 2.05) is 0 Å². The maximum atomic E-state index is 6.81. The summed E-state index contributed by atoms with van der Waals surface area (Å²) in [6, 6.07) is 8.64. The molecule has 3 aromatic rings. The predicted octanol–water partition coefficient (Wildman–Crippen LogP) is 3.30. The first-order valence-corrected chi connectivity index (χ1v) is 9.75. The fourth-order valence-corrected chi connectivity index (χ4v) is 4.56. The van der Waals surface area contributed by atoms with Gasteiger partial charge in [0.2, 0.25) is 0 Å². The molecular weight excluding hydrogens is 324 g/mol. The molecule has 1 fully saturated rings. The second-order valence-corrected chi connectivity index (χ2v) is 7.91. The zero-order chi connectivity index (χ0) is 17.5. The third-order valence-electron chi connectivity index (χ3n) is 6.15. The van der Waals surface area contributed by atoms with E-state index >= 15 is 0 Å². The first kappa shape index (κ1) is 16.1. The standard InChI is InChI=1S/C21H26N4O/c22-21-15(7-8-23-10-13-5-6-13)20-14-3-1-2-4-17(14)25-18(20)9-16(21)19-11-26-12-24-19/h1-4,11-13,15-16,21,23,25H,5-10,22H2/t15-,16-,21+/m1/s1. The van der Waals surface area contributed by atoms with Crippen LogP contribution in [0.1, 0.15) is 48.0 Å². The number of rotatable bonds is 6. The largest absolute Gasteiger partial charge is 0.451 e. The van der Waals surface area contributed by atoms with Crippen molar-refractivity contribution in [3.8, 4) is 0 Å². The van der Waals surface area contributed by atoms with Gasteiger partial charge in [0.1, 0.15) is 6.26 Å². The van der Waals surface area contributed by atoms with Gasteiger partial charge in [-0.2, -0.15) is 0 Å². The molecule has 0 radical (unpaired) electrons. The van der Waals surface area contributed by atoms with Gasteiger partial charge in [-0.25, -0.2) is 4.98 Å². The Morgan fingerprint density at radius 3 is 2.96 bits per heavy atom. The summed E-state index contributed by atoms with van der Waals surface area (Å²) in [4.78, 5) is 8.05. The third-order valence-corrected chi connectivity index (χ3v) is 6.15. The molecule has 2 aliphatic carbocycles. The fourth-order valence-electron chi connectivity index (χ4n) is 4.56. The number of nitrogens with zero attached hydrogens (tertiary/aromatic N) is 1. The molecule has 26 heavy (non-hydrogen) atoms. The summed E-state index contributed by atoms with van der Waals surface area (Å²) in [5.74, 6) is 1.42. The van der Waals surface area contributed by atoms with Gasteiger partial charge in [0, 0.05) is 34.5 Å². The molecule has 2 aliphatic rings. The van der Waals surface area contributed by atoms with Crippen molar-refractivity contribution in [1.82, 2.24) is 15.3 Å². The SMILES string of the molecule is N[C@@H]1[C@@H](c2cocn2)Cc2[nH]c3ccccc3c2[C@H]1CCNCC1CC1. The molecular formula is C21H26N4O. The van der Waals surface area contributed by atoms with Gasteiger partial charge in [0.05, 0.1) is 5.69 Å². The first-order chi connectivity index (χ1) is 12.8. The summed E-state index contributed by atoms with van der Waals surface area (Å²) in [7, 11) is 0. The Kier molecular flexibility index (Phi) is 4.06. The summed E-state index contributed by atoms with van der Waals surface area (Å²) in [5.41, 5.74) is 11.7. The Labute approximate surface area is 153 Å². The Bertz CT molecular complexity index is 881. The number of nitrogens with one attached hydrogen (secondary N) is 2. The number of aromatic amines is 1. The molecule has 5 heteroatoms. The lowest BCUT2D eigenvalue weighted by molar-refractivity contribution is 0.386. The van der Waals surface area contributed by atoms with Crippen LogP contribution >= 0.6 is 0 Å². The summed E-state index contributed by atoms with van der Waals surface area (Å²) in [6.45, 7) is 2.16. The van der Waals surface area contributed by atoms with E-state index in [4.69, 9.17) is 10.2 Å². The van der Waals surface area contributed by atoms with Crippen molar-refractivity contribution in [2.24, 2.45) is 11.7 Å². The molecule has 0 aliphatic heterocycles. The molecule has 1 saturated carbocycles. The minimum Gasteiger partial charge on any atom is -0.451 e. The van der Waals surface area contributed by atoms with Gasteiger partial charge in [-0.15, -0.1) is 0 Å². The highest BCUT2D eigenvalue weighted by Gasteiger charge is 2.38. The number of nitrogens with two attached hydrogens (primary N) is 1. The Morgan fingerprint density at radius 1 is 1.27 bits per heavy atom. The van der Waals surface area contributed by atoms with Gasteiger partial charge >= 0.3 is 0 Å². The Hall–Kier alpha value is -2.11. The second-order valence-electron chi connectivity index (χ2n) is 7.91. The minimum absolute atomic E-state index is 0.0505. The van der Waals surface area contributed by atoms with Crippen molar-refractivity contribution >= 4 is 10.9 Å². The average molecular weight is 350 g/mol. The minimum atomic E-state index is 0.0505. The van der Waals surface area contributed by atoms with Crippen molar-refractivity contribution < 1.29 is 4.42 Å². The van der Waals surface area contributed by atoms with E-state index in [1.165, 1.54) is 41.4 Å². The summed E-state index contributed by atoms with van der Waals surface area (Å²) < 4.78 is 5.24. The quantitative estimate of drug-likeness (QED) is 0.596. The van der Waals surface area contributed by atoms with Gasteiger partial charge in [-0.05, 0) is 56.3 Å². The molecule has 1 aromatic carbocycles. The topological polar surface area (TPSA) is 79.9 Å². The van der Waals surface area contributed by atoms with E-state index in [0.29, 0.717) is 5.92 Å². The summed E-state index contributed by atoms with van der Waals surface area (Å²) in [6.07, 6.45) is 7.98. The molecule has 2 aromatic heterocycles. The van der Waals surface area contributed by atoms with E-state index in [1.54, 1.807) is 6.26 Å². The van der Waals surface area contributed by atoms with Gasteiger partial charge in [0.15, 0.2) is 6.39 Å². The maximum Gasteiger partial charge on any atom is 0.180 e. The number of hydrogen-bond acceptors (Lipinski definition) is 4. The average Bonchev–Trinajstić information content (AvgIpc) is 3.17. The number of benzene rings is 1. The van der Waals surface area contributed by atoms with Crippen LogP contribution in [-0.2, 0) is 6.42 Å². The number of hydrogen-bond donors (Lipinski definition) is 3. The van der Waals surface area contributed by atoms with Gasteiger partial charge in [-0.3, -0.25) is 0 Å². The van der Waals surface area contributed by atoms with Gasteiger partial charge in [-0.1, -0.05) is 18.2 Å². The molecule has 0 unspecified atom stereocenters. The van der Waals surface area contributed by atoms with Crippen LogP contribution in [0.4, 0.5) is 0 Å². The third kappa shape index (κ3) is 2.85. The van der Waals surface area contributed by atoms with Crippen molar-refractivity contribution in [1.29, 1.82) is 0 Å². The molecule has 0 spiro atoms. The normalized spacial score (nSPS) is 25.5. The van der Waals surface area contributed by atoms with E-state index in [-0.39, 0.29) is 12.0 Å². The lowest BCUT2D eigenvalue weighted by Crippen LogP contribution is -2.41. The van der Waals surface area contributed by atoms with Crippen molar-refractivity contribution in [2.45, 2.75) is 43.6 Å². The van der Waals surface area contributed by atoms with E-state index in [2.05, 4.69) is 39.6 Å². The number of H-pyrrole nitrogens is 1. The van der Waals surface area contributed by atoms with Crippen LogP contribution in [0, 0.1) is 5.92 Å².